The highest BCUT2D eigenvalue weighted by Crippen LogP contribution is 2.32. The van der Waals surface area contributed by atoms with E-state index in [1.165, 1.54) is 22.1 Å². The van der Waals surface area contributed by atoms with Gasteiger partial charge in [0.25, 0.3) is 0 Å². The van der Waals surface area contributed by atoms with Gasteiger partial charge in [0.2, 0.25) is 18.0 Å². The van der Waals surface area contributed by atoms with Crippen molar-refractivity contribution < 1.29 is 97.2 Å². The molecule has 2 nitrogen and oxygen atoms in total. The Balaban J connectivity index is 0.000000238. The number of halogens is 20. The number of aryl methyl sites for hydroxylation is 1. The quantitative estimate of drug-likeness (QED) is 0.0371. The van der Waals surface area contributed by atoms with Crippen molar-refractivity contribution in [2.24, 2.45) is 0 Å². The van der Waals surface area contributed by atoms with E-state index in [0.717, 1.165) is 16.6 Å². The number of rotatable bonds is 8. The summed E-state index contributed by atoms with van der Waals surface area (Å²) in [6, 6.07) is 26.3. The molecule has 372 valence electrons. The Labute approximate surface area is 390 Å². The highest BCUT2D eigenvalue weighted by atomic mass is 19.2. The number of ketones is 1. The molecule has 23 heteroatoms. The second-order valence-electron chi connectivity index (χ2n) is 15.7. The molecule has 0 amide bonds. The van der Waals surface area contributed by atoms with Crippen molar-refractivity contribution >= 4 is 44.6 Å². The van der Waals surface area contributed by atoms with Gasteiger partial charge in [-0.15, -0.1) is 21.9 Å². The zero-order valence-corrected chi connectivity index (χ0v) is 35.8. The molecule has 0 bridgehead atoms. The standard InChI is InChI=1S/C25H22NO.C24BF20/c1-18-9-8-14-22(19(18)2)25-23-13-7-6-10-20(23)15-16-26(25)17-24(27)21-11-4-3-5-12-21;26-5-1(6(27)14(35)21(42)13(5)34)25(2-7(28)15(36)22(43)16(37)8(2)29,3-9(30)17(38)23(44)18(39)10(3)31)4-11(32)19(40)24(45)20(41)12(4)33/h3-16H,17H2,1-2H3;/q+1;-1. The van der Waals surface area contributed by atoms with Crippen molar-refractivity contribution in [3.05, 3.63) is 218 Å². The number of fused-ring (bicyclic) bond motifs is 1. The van der Waals surface area contributed by atoms with E-state index < -0.39 is 144 Å². The van der Waals surface area contributed by atoms with Gasteiger partial charge in [-0.3, -0.25) is 4.79 Å². The Morgan fingerprint density at radius 3 is 1.10 bits per heavy atom. The molecular formula is C49H22BF20NO. The number of hydrogen-bond acceptors (Lipinski definition) is 1. The highest BCUT2D eigenvalue weighted by molar-refractivity contribution is 7.20. The van der Waals surface area contributed by atoms with Gasteiger partial charge < -0.3 is 0 Å². The van der Waals surface area contributed by atoms with Crippen LogP contribution in [0.1, 0.15) is 21.5 Å². The van der Waals surface area contributed by atoms with Crippen LogP contribution in [0.25, 0.3) is 22.0 Å². The third kappa shape index (κ3) is 8.07. The number of aromatic nitrogens is 1. The minimum Gasteiger partial charge on any atom is -0.287 e. The first-order valence-corrected chi connectivity index (χ1v) is 20.1. The van der Waals surface area contributed by atoms with Crippen molar-refractivity contribution in [1.29, 1.82) is 0 Å². The minimum absolute atomic E-state index is 0.113. The zero-order valence-electron chi connectivity index (χ0n) is 35.8. The van der Waals surface area contributed by atoms with Crippen molar-refractivity contribution in [3.8, 4) is 11.3 Å². The van der Waals surface area contributed by atoms with Crippen molar-refractivity contribution in [2.75, 3.05) is 0 Å². The molecule has 0 N–H and O–H groups in total. The van der Waals surface area contributed by atoms with Gasteiger partial charge in [-0.1, -0.05) is 60.7 Å². The van der Waals surface area contributed by atoms with E-state index in [9.17, 15) is 57.5 Å². The second kappa shape index (κ2) is 19.5. The van der Waals surface area contributed by atoms with Crippen molar-refractivity contribution in [3.63, 3.8) is 0 Å². The molecular weight excluding hydrogens is 1010 g/mol. The summed E-state index contributed by atoms with van der Waals surface area (Å²) in [5.41, 5.74) is -8.82. The number of pyridine rings is 1. The van der Waals surface area contributed by atoms with Crippen LogP contribution in [0.15, 0.2) is 85.1 Å². The smallest absolute Gasteiger partial charge is 0.227 e. The molecule has 0 spiro atoms. The molecule has 0 aliphatic rings. The Kier molecular flexibility index (Phi) is 14.1. The average molecular weight is 1030 g/mol. The average Bonchev–Trinajstić information content (AvgIpc) is 3.37. The van der Waals surface area contributed by atoms with E-state index >= 15 is 35.1 Å². The Bertz CT molecular complexity index is 3170. The van der Waals surface area contributed by atoms with E-state index in [-0.39, 0.29) is 5.78 Å². The maximum atomic E-state index is 15.4. The van der Waals surface area contributed by atoms with Crippen LogP contribution in [0.2, 0.25) is 0 Å². The summed E-state index contributed by atoms with van der Waals surface area (Å²) in [6.45, 7) is 4.59. The SMILES string of the molecule is Cc1cccc(-c2c3ccccc3cc[n+]2CC(=O)c2ccccc2)c1C.Fc1c(F)c(F)c([B-](c2c(F)c(F)c(F)c(F)c2F)(c2c(F)c(F)c(F)c(F)c2F)c2c(F)c(F)c(F)c(F)c2F)c(F)c1F. The molecule has 0 fully saturated rings. The molecule has 72 heavy (non-hydrogen) atoms. The molecule has 0 radical (unpaired) electrons. The van der Waals surface area contributed by atoms with E-state index in [1.807, 2.05) is 36.5 Å². The van der Waals surface area contributed by atoms with E-state index in [4.69, 9.17) is 0 Å². The monoisotopic (exact) mass is 1030 g/mol. The van der Waals surface area contributed by atoms with Crippen LogP contribution in [0.5, 0.6) is 0 Å². The largest absolute Gasteiger partial charge is 0.287 e. The van der Waals surface area contributed by atoms with E-state index in [0.29, 0.717) is 6.54 Å². The summed E-state index contributed by atoms with van der Waals surface area (Å²) in [5.74, 6) is -71.3. The van der Waals surface area contributed by atoms with Crippen LogP contribution in [0, 0.1) is 130 Å². The zero-order chi connectivity index (χ0) is 53.2. The summed E-state index contributed by atoms with van der Waals surface area (Å²) in [6.07, 6.45) is -5.19. The summed E-state index contributed by atoms with van der Waals surface area (Å²) in [5, 5.41) is 2.34. The van der Waals surface area contributed by atoms with Gasteiger partial charge in [-0.25, -0.2) is 87.8 Å². The van der Waals surface area contributed by atoms with Crippen molar-refractivity contribution in [1.82, 2.24) is 0 Å². The number of hydrogen-bond donors (Lipinski definition) is 0. The lowest BCUT2D eigenvalue weighted by atomic mass is 9.12. The molecule has 7 aromatic carbocycles. The fraction of sp³-hybridized carbons (Fsp3) is 0.0612. The van der Waals surface area contributed by atoms with Crippen LogP contribution >= 0.6 is 0 Å². The molecule has 1 heterocycles. The summed E-state index contributed by atoms with van der Waals surface area (Å²) in [4.78, 5) is 12.9. The predicted molar refractivity (Wildman–Crippen MR) is 219 cm³/mol. The van der Waals surface area contributed by atoms with Gasteiger partial charge in [0.1, 0.15) is 52.7 Å². The van der Waals surface area contributed by atoms with E-state index in [2.05, 4.69) is 66.9 Å². The lowest BCUT2D eigenvalue weighted by Crippen LogP contribution is -2.81. The molecule has 0 aliphatic heterocycles. The number of nitrogens with zero attached hydrogens (tertiary/aromatic N) is 1. The minimum atomic E-state index is -7.22. The third-order valence-corrected chi connectivity index (χ3v) is 11.9. The van der Waals surface area contributed by atoms with Crippen LogP contribution in [-0.4, -0.2) is 11.9 Å². The van der Waals surface area contributed by atoms with Gasteiger partial charge in [0, 0.05) is 17.2 Å². The predicted octanol–water partition coefficient (Wildman–Crippen LogP) is 11.1. The summed E-state index contributed by atoms with van der Waals surface area (Å²) < 4.78 is 296. The fourth-order valence-electron chi connectivity index (χ4n) is 8.44. The topological polar surface area (TPSA) is 20.9 Å². The summed E-state index contributed by atoms with van der Waals surface area (Å²) >= 11 is 0. The van der Waals surface area contributed by atoms with Crippen molar-refractivity contribution in [2.45, 2.75) is 20.4 Å². The van der Waals surface area contributed by atoms with Gasteiger partial charge in [-0.2, -0.15) is 4.57 Å². The first-order valence-electron chi connectivity index (χ1n) is 20.1. The second-order valence-corrected chi connectivity index (χ2v) is 15.7. The van der Waals surface area contributed by atoms with Gasteiger partial charge >= 0.3 is 0 Å². The number of carbonyl (C=O) groups is 1. The maximum Gasteiger partial charge on any atom is 0.227 e. The van der Waals surface area contributed by atoms with E-state index in [1.54, 1.807) is 0 Å². The van der Waals surface area contributed by atoms with Crippen LogP contribution in [-0.2, 0) is 6.54 Å². The first kappa shape index (κ1) is 52.1. The number of Topliss-reactive ketones (excluding diaryl/α,β-unsaturated/α-hetero) is 1. The van der Waals surface area contributed by atoms with Crippen LogP contribution < -0.4 is 26.4 Å². The number of benzene rings is 7. The molecule has 1 aromatic heterocycles. The highest BCUT2D eigenvalue weighted by Gasteiger charge is 2.52. The summed E-state index contributed by atoms with van der Waals surface area (Å²) in [7, 11) is 0. The Morgan fingerprint density at radius 1 is 0.389 bits per heavy atom. The lowest BCUT2D eigenvalue weighted by Gasteiger charge is -2.44. The van der Waals surface area contributed by atoms with Gasteiger partial charge in [0.15, 0.2) is 76.0 Å². The molecule has 8 rings (SSSR count). The van der Waals surface area contributed by atoms with Crippen LogP contribution in [0.4, 0.5) is 87.8 Å². The van der Waals surface area contributed by atoms with Crippen LogP contribution in [0.3, 0.4) is 0 Å². The Hall–Kier alpha value is -7.72. The first-order chi connectivity index (χ1) is 33.8. The third-order valence-electron chi connectivity index (χ3n) is 11.9. The molecule has 0 saturated carbocycles. The molecule has 0 atom stereocenters. The van der Waals surface area contributed by atoms with Gasteiger partial charge in [-0.05, 0) is 42.5 Å². The Morgan fingerprint density at radius 2 is 0.722 bits per heavy atom. The lowest BCUT2D eigenvalue weighted by molar-refractivity contribution is -0.671. The molecule has 0 aliphatic carbocycles. The van der Waals surface area contributed by atoms with Gasteiger partial charge in [0.05, 0.1) is 5.39 Å². The number of carbonyl (C=O) groups excluding carboxylic acids is 1. The molecule has 8 aromatic rings. The maximum absolute atomic E-state index is 15.4. The molecule has 0 unspecified atom stereocenters. The fourth-order valence-corrected chi connectivity index (χ4v) is 8.44. The normalized spacial score (nSPS) is 11.6. The molecule has 0 saturated heterocycles.